The zero-order chi connectivity index (χ0) is 13.4. The van der Waals surface area contributed by atoms with Crippen molar-refractivity contribution in [3.8, 4) is 17.1 Å². The van der Waals surface area contributed by atoms with Gasteiger partial charge in [0.2, 0.25) is 0 Å². The fraction of sp³-hybridized carbons (Fsp3) is 0. The fourth-order valence-corrected chi connectivity index (χ4v) is 2.16. The zero-order valence-corrected chi connectivity index (χ0v) is 10.4. The molecule has 4 aromatic rings. The van der Waals surface area contributed by atoms with Crippen LogP contribution in [0, 0.1) is 0 Å². The minimum absolute atomic E-state index is 0.750. The van der Waals surface area contributed by atoms with E-state index in [1.807, 2.05) is 53.2 Å². The first-order chi connectivity index (χ1) is 9.92. The van der Waals surface area contributed by atoms with Crippen LogP contribution in [0.2, 0.25) is 0 Å². The molecule has 0 saturated carbocycles. The predicted molar refractivity (Wildman–Crippen MR) is 74.2 cm³/mol. The van der Waals surface area contributed by atoms with E-state index in [2.05, 4.69) is 25.5 Å². The van der Waals surface area contributed by atoms with Gasteiger partial charge in [-0.15, -0.1) is 5.10 Å². The summed E-state index contributed by atoms with van der Waals surface area (Å²) < 4.78 is 1.82. The first-order valence-electron chi connectivity index (χ1n) is 6.18. The van der Waals surface area contributed by atoms with Gasteiger partial charge in [0.1, 0.15) is 11.8 Å². The second-order valence-electron chi connectivity index (χ2n) is 4.37. The summed E-state index contributed by atoms with van der Waals surface area (Å²) in [6.07, 6.45) is 1.49. The summed E-state index contributed by atoms with van der Waals surface area (Å²) in [7, 11) is 0. The summed E-state index contributed by atoms with van der Waals surface area (Å²) in [6, 6.07) is 15.8. The van der Waals surface area contributed by atoms with Crippen molar-refractivity contribution < 1.29 is 0 Å². The number of hydrogen-bond donors (Lipinski definition) is 1. The summed E-state index contributed by atoms with van der Waals surface area (Å²) in [4.78, 5) is 4.13. The van der Waals surface area contributed by atoms with Crippen LogP contribution in [0.15, 0.2) is 54.9 Å². The van der Waals surface area contributed by atoms with E-state index < -0.39 is 0 Å². The van der Waals surface area contributed by atoms with Crippen LogP contribution < -0.4 is 0 Å². The highest BCUT2D eigenvalue weighted by atomic mass is 15.4. The van der Waals surface area contributed by atoms with E-state index >= 15 is 0 Å². The van der Waals surface area contributed by atoms with Gasteiger partial charge in [-0.3, -0.25) is 5.10 Å². The minimum Gasteiger partial charge on any atom is -0.259 e. The van der Waals surface area contributed by atoms with Gasteiger partial charge < -0.3 is 0 Å². The third-order valence-electron chi connectivity index (χ3n) is 3.15. The summed E-state index contributed by atoms with van der Waals surface area (Å²) in [6.45, 7) is 0. The molecule has 0 fully saturated rings. The maximum atomic E-state index is 4.19. The summed E-state index contributed by atoms with van der Waals surface area (Å²) >= 11 is 0. The number of fused-ring (bicyclic) bond motifs is 1. The molecule has 2 heterocycles. The van der Waals surface area contributed by atoms with Crippen LogP contribution in [0.1, 0.15) is 0 Å². The molecule has 6 heteroatoms. The molecule has 0 saturated heterocycles. The summed E-state index contributed by atoms with van der Waals surface area (Å²) in [5.41, 5.74) is 3.81. The zero-order valence-electron chi connectivity index (χ0n) is 10.4. The minimum atomic E-state index is 0.750. The van der Waals surface area contributed by atoms with Gasteiger partial charge in [0.15, 0.2) is 5.82 Å². The van der Waals surface area contributed by atoms with E-state index in [0.717, 1.165) is 28.1 Å². The Morgan fingerprint density at radius 1 is 0.950 bits per heavy atom. The Morgan fingerprint density at radius 2 is 1.80 bits per heavy atom. The van der Waals surface area contributed by atoms with Gasteiger partial charge in [0.25, 0.3) is 0 Å². The number of aromatic nitrogens is 6. The molecule has 0 aliphatic heterocycles. The maximum absolute atomic E-state index is 4.19. The van der Waals surface area contributed by atoms with Crippen molar-refractivity contribution in [2.45, 2.75) is 0 Å². The molecule has 0 spiro atoms. The third kappa shape index (κ3) is 1.66. The molecule has 0 bridgehead atoms. The molecule has 96 valence electrons. The Bertz CT molecular complexity index is 845. The predicted octanol–water partition coefficient (Wildman–Crippen LogP) is 2.21. The molecule has 0 aliphatic rings. The Labute approximate surface area is 114 Å². The smallest absolute Gasteiger partial charge is 0.155 e. The van der Waals surface area contributed by atoms with Crippen LogP contribution in [0.5, 0.6) is 0 Å². The van der Waals surface area contributed by atoms with Crippen LogP contribution in [-0.2, 0) is 0 Å². The highest BCUT2D eigenvalue weighted by Gasteiger charge is 2.06. The first-order valence-corrected chi connectivity index (χ1v) is 6.18. The van der Waals surface area contributed by atoms with Crippen molar-refractivity contribution >= 4 is 11.0 Å². The molecule has 2 aromatic carbocycles. The van der Waals surface area contributed by atoms with E-state index in [4.69, 9.17) is 0 Å². The summed E-state index contributed by atoms with van der Waals surface area (Å²) in [5, 5.41) is 15.0. The molecule has 0 atom stereocenters. The van der Waals surface area contributed by atoms with Gasteiger partial charge in [-0.2, -0.15) is 5.10 Å². The van der Waals surface area contributed by atoms with E-state index in [0.29, 0.717) is 0 Å². The fourth-order valence-electron chi connectivity index (χ4n) is 2.16. The van der Waals surface area contributed by atoms with Crippen LogP contribution in [0.3, 0.4) is 0 Å². The van der Waals surface area contributed by atoms with Gasteiger partial charge in [0, 0.05) is 5.56 Å². The average Bonchev–Trinajstić information content (AvgIpc) is 3.17. The highest BCUT2D eigenvalue weighted by molar-refractivity contribution is 5.76. The van der Waals surface area contributed by atoms with Crippen LogP contribution in [0.25, 0.3) is 28.1 Å². The molecule has 4 rings (SSSR count). The lowest BCUT2D eigenvalue weighted by Gasteiger charge is -2.03. The maximum Gasteiger partial charge on any atom is 0.155 e. The molecular weight excluding hydrogens is 252 g/mol. The standard InChI is InChI=1S/C14H10N6/c1-2-4-13-12(3-1)17-19-20(13)11-7-5-10(6-8-11)14-15-9-16-18-14/h1-9H,(H,15,16,18). The molecular formula is C14H10N6. The quantitative estimate of drug-likeness (QED) is 0.601. The molecule has 0 radical (unpaired) electrons. The van der Waals surface area contributed by atoms with Crippen molar-refractivity contribution in [2.24, 2.45) is 0 Å². The van der Waals surface area contributed by atoms with E-state index in [9.17, 15) is 0 Å². The third-order valence-corrected chi connectivity index (χ3v) is 3.15. The van der Waals surface area contributed by atoms with Gasteiger partial charge >= 0.3 is 0 Å². The van der Waals surface area contributed by atoms with Crippen LogP contribution >= 0.6 is 0 Å². The molecule has 6 nitrogen and oxygen atoms in total. The Hall–Kier alpha value is -3.02. The second-order valence-corrected chi connectivity index (χ2v) is 4.37. The van der Waals surface area contributed by atoms with E-state index in [-0.39, 0.29) is 0 Å². The van der Waals surface area contributed by atoms with Crippen LogP contribution in [0.4, 0.5) is 0 Å². The number of rotatable bonds is 2. The van der Waals surface area contributed by atoms with Gasteiger partial charge in [-0.25, -0.2) is 9.67 Å². The van der Waals surface area contributed by atoms with Crippen molar-refractivity contribution in [3.63, 3.8) is 0 Å². The number of H-pyrrole nitrogens is 1. The number of nitrogens with zero attached hydrogens (tertiary/aromatic N) is 5. The largest absolute Gasteiger partial charge is 0.259 e. The van der Waals surface area contributed by atoms with Crippen molar-refractivity contribution in [1.29, 1.82) is 0 Å². The van der Waals surface area contributed by atoms with Gasteiger partial charge in [-0.05, 0) is 36.4 Å². The number of hydrogen-bond acceptors (Lipinski definition) is 4. The lowest BCUT2D eigenvalue weighted by atomic mass is 10.2. The van der Waals surface area contributed by atoms with Crippen molar-refractivity contribution in [1.82, 2.24) is 30.2 Å². The van der Waals surface area contributed by atoms with Crippen molar-refractivity contribution in [2.75, 3.05) is 0 Å². The number of aromatic amines is 1. The van der Waals surface area contributed by atoms with Crippen LogP contribution in [-0.4, -0.2) is 30.2 Å². The van der Waals surface area contributed by atoms with Crippen molar-refractivity contribution in [3.05, 3.63) is 54.9 Å². The highest BCUT2D eigenvalue weighted by Crippen LogP contribution is 2.19. The normalized spacial score (nSPS) is 11.0. The molecule has 0 unspecified atom stereocenters. The van der Waals surface area contributed by atoms with E-state index in [1.165, 1.54) is 6.33 Å². The number of benzene rings is 2. The Kier molecular flexibility index (Phi) is 2.32. The van der Waals surface area contributed by atoms with Gasteiger partial charge in [0.05, 0.1) is 11.2 Å². The average molecular weight is 262 g/mol. The molecule has 20 heavy (non-hydrogen) atoms. The number of para-hydroxylation sites is 1. The topological polar surface area (TPSA) is 72.3 Å². The second kappa shape index (κ2) is 4.27. The lowest BCUT2D eigenvalue weighted by Crippen LogP contribution is -1.96. The number of nitrogens with one attached hydrogen (secondary N) is 1. The SMILES string of the molecule is c1ccc2c(c1)nnn2-c1ccc(-c2ncn[nH]2)cc1. The molecule has 0 amide bonds. The molecule has 0 aliphatic carbocycles. The molecule has 1 N–H and O–H groups in total. The first kappa shape index (κ1) is 10.9. The molecule has 2 aromatic heterocycles. The summed E-state index contributed by atoms with van der Waals surface area (Å²) in [5.74, 6) is 0.750. The lowest BCUT2D eigenvalue weighted by molar-refractivity contribution is 0.824. The Balaban J connectivity index is 1.79. The van der Waals surface area contributed by atoms with Gasteiger partial charge in [-0.1, -0.05) is 17.3 Å². The van der Waals surface area contributed by atoms with E-state index in [1.54, 1.807) is 0 Å². The Morgan fingerprint density at radius 3 is 2.60 bits per heavy atom. The monoisotopic (exact) mass is 262 g/mol.